The molecule has 0 fully saturated rings. The highest BCUT2D eigenvalue weighted by molar-refractivity contribution is 7.92. The van der Waals surface area contributed by atoms with Crippen molar-refractivity contribution in [1.29, 1.82) is 0 Å². The van der Waals surface area contributed by atoms with E-state index in [4.69, 9.17) is 32.7 Å². The number of methoxy groups -OCH3 is 2. The summed E-state index contributed by atoms with van der Waals surface area (Å²) < 4.78 is 53.0. The molecule has 1 N–H and O–H groups in total. The summed E-state index contributed by atoms with van der Waals surface area (Å²) in [6.45, 7) is 2.65. The lowest BCUT2D eigenvalue weighted by atomic mass is 10.1. The molecule has 0 aliphatic rings. The maximum Gasteiger partial charge on any atom is 0.264 e. The summed E-state index contributed by atoms with van der Waals surface area (Å²) in [5.74, 6) is -1.33. The molecule has 0 aliphatic heterocycles. The van der Waals surface area contributed by atoms with E-state index >= 15 is 0 Å². The molecule has 0 aliphatic carbocycles. The smallest absolute Gasteiger partial charge is 0.264 e. The van der Waals surface area contributed by atoms with Crippen molar-refractivity contribution in [1.82, 2.24) is 10.2 Å². The number of ether oxygens (including phenoxy) is 2. The van der Waals surface area contributed by atoms with Crippen LogP contribution in [0, 0.1) is 5.82 Å². The zero-order valence-electron chi connectivity index (χ0n) is 22.9. The number of carbonyl (C=O) groups is 2. The Balaban J connectivity index is 2.10. The molecule has 0 bridgehead atoms. The summed E-state index contributed by atoms with van der Waals surface area (Å²) in [7, 11) is -1.66. The number of sulfonamides is 1. The van der Waals surface area contributed by atoms with Crippen molar-refractivity contribution in [2.45, 2.75) is 31.3 Å². The van der Waals surface area contributed by atoms with Crippen molar-refractivity contribution in [2.24, 2.45) is 0 Å². The third kappa shape index (κ3) is 7.41. The van der Waals surface area contributed by atoms with Gasteiger partial charge >= 0.3 is 0 Å². The molecule has 3 aromatic rings. The second-order valence-corrected chi connectivity index (χ2v) is 11.5. The summed E-state index contributed by atoms with van der Waals surface area (Å²) in [6, 6.07) is 12.4. The van der Waals surface area contributed by atoms with E-state index in [9.17, 15) is 22.4 Å². The number of amides is 2. The quantitative estimate of drug-likeness (QED) is 0.307. The molecule has 0 saturated carbocycles. The van der Waals surface area contributed by atoms with Gasteiger partial charge in [-0.3, -0.25) is 13.9 Å². The first kappa shape index (κ1) is 32.0. The molecule has 0 unspecified atom stereocenters. The lowest BCUT2D eigenvalue weighted by Gasteiger charge is -2.32. The highest BCUT2D eigenvalue weighted by Gasteiger charge is 2.33. The van der Waals surface area contributed by atoms with Crippen molar-refractivity contribution in [3.8, 4) is 11.5 Å². The van der Waals surface area contributed by atoms with Crippen molar-refractivity contribution in [3.63, 3.8) is 0 Å². The van der Waals surface area contributed by atoms with Crippen molar-refractivity contribution in [2.75, 3.05) is 31.6 Å². The van der Waals surface area contributed by atoms with Crippen LogP contribution in [-0.2, 0) is 26.2 Å². The van der Waals surface area contributed by atoms with Gasteiger partial charge in [-0.15, -0.1) is 0 Å². The number of carbonyl (C=O) groups excluding carboxylic acids is 2. The summed E-state index contributed by atoms with van der Waals surface area (Å²) in [6.07, 6.45) is 0. The molecule has 3 rings (SSSR count). The Kier molecular flexibility index (Phi) is 10.8. The predicted octanol–water partition coefficient (Wildman–Crippen LogP) is 4.90. The molecule has 0 aromatic heterocycles. The van der Waals surface area contributed by atoms with Crippen LogP contribution in [0.5, 0.6) is 11.5 Å². The molecule has 0 heterocycles. The number of benzene rings is 3. The molecular weight excluding hydrogens is 596 g/mol. The third-order valence-corrected chi connectivity index (χ3v) is 8.72. The monoisotopic (exact) mass is 625 g/mol. The molecule has 3 aromatic carbocycles. The lowest BCUT2D eigenvalue weighted by Crippen LogP contribution is -2.51. The number of halogens is 3. The molecule has 0 saturated heterocycles. The normalized spacial score (nSPS) is 11.9. The van der Waals surface area contributed by atoms with Gasteiger partial charge in [-0.05, 0) is 62.4 Å². The topological polar surface area (TPSA) is 105 Å². The van der Waals surface area contributed by atoms with Crippen molar-refractivity contribution >= 4 is 50.7 Å². The highest BCUT2D eigenvalue weighted by Crippen LogP contribution is 2.33. The van der Waals surface area contributed by atoms with E-state index in [2.05, 4.69) is 5.32 Å². The van der Waals surface area contributed by atoms with E-state index in [0.717, 1.165) is 16.4 Å². The maximum atomic E-state index is 14.0. The van der Waals surface area contributed by atoms with E-state index in [1.165, 1.54) is 56.4 Å². The number of anilines is 1. The van der Waals surface area contributed by atoms with Crippen LogP contribution in [0.15, 0.2) is 65.6 Å². The first-order valence-electron chi connectivity index (χ1n) is 12.4. The SMILES string of the molecule is CCNC(=O)[C@H](C)N(Cc1c(Cl)cccc1Cl)C(=O)CN(c1ccc(F)cc1)S(=O)(=O)c1ccc(OC)c(OC)c1. The number of likely N-dealkylation sites (N-methyl/N-ethyl adjacent to an activating group) is 1. The van der Waals surface area contributed by atoms with Crippen LogP contribution in [0.3, 0.4) is 0 Å². The minimum Gasteiger partial charge on any atom is -0.493 e. The molecule has 0 radical (unpaired) electrons. The van der Waals surface area contributed by atoms with Gasteiger partial charge in [0.25, 0.3) is 10.0 Å². The van der Waals surface area contributed by atoms with Crippen LogP contribution in [-0.4, -0.2) is 58.5 Å². The average Bonchev–Trinajstić information content (AvgIpc) is 2.95. The summed E-state index contributed by atoms with van der Waals surface area (Å²) in [5.41, 5.74) is 0.410. The summed E-state index contributed by atoms with van der Waals surface area (Å²) in [5, 5.41) is 3.21. The van der Waals surface area contributed by atoms with Crippen LogP contribution in [0.4, 0.5) is 10.1 Å². The molecule has 220 valence electrons. The Hall–Kier alpha value is -3.54. The van der Waals surface area contributed by atoms with E-state index in [1.54, 1.807) is 25.1 Å². The molecule has 1 atom stereocenters. The van der Waals surface area contributed by atoms with E-state index in [-0.39, 0.29) is 32.9 Å². The van der Waals surface area contributed by atoms with Gasteiger partial charge in [0.15, 0.2) is 11.5 Å². The number of rotatable bonds is 12. The van der Waals surface area contributed by atoms with Gasteiger partial charge in [0.1, 0.15) is 18.4 Å². The fraction of sp³-hybridized carbons (Fsp3) is 0.286. The molecule has 9 nitrogen and oxygen atoms in total. The minimum atomic E-state index is -4.42. The number of hydrogen-bond acceptors (Lipinski definition) is 6. The number of nitrogens with one attached hydrogen (secondary N) is 1. The molecule has 13 heteroatoms. The maximum absolute atomic E-state index is 14.0. The Labute approximate surface area is 248 Å². The van der Waals surface area contributed by atoms with E-state index in [0.29, 0.717) is 17.9 Å². The van der Waals surface area contributed by atoms with Gasteiger partial charge in [-0.2, -0.15) is 0 Å². The molecule has 41 heavy (non-hydrogen) atoms. The van der Waals surface area contributed by atoms with E-state index in [1.807, 2.05) is 0 Å². The fourth-order valence-corrected chi connectivity index (χ4v) is 5.95. The fourth-order valence-electron chi connectivity index (χ4n) is 4.00. The van der Waals surface area contributed by atoms with Gasteiger partial charge in [0.2, 0.25) is 11.8 Å². The Bertz CT molecular complexity index is 1480. The van der Waals surface area contributed by atoms with Gasteiger partial charge in [-0.25, -0.2) is 12.8 Å². The molecule has 2 amide bonds. The number of nitrogens with zero attached hydrogens (tertiary/aromatic N) is 2. The average molecular weight is 627 g/mol. The van der Waals surface area contributed by atoms with Gasteiger partial charge in [0, 0.05) is 34.8 Å². The summed E-state index contributed by atoms with van der Waals surface area (Å²) in [4.78, 5) is 27.7. The first-order valence-corrected chi connectivity index (χ1v) is 14.6. The predicted molar refractivity (Wildman–Crippen MR) is 156 cm³/mol. The van der Waals surface area contributed by atoms with Gasteiger partial charge in [-0.1, -0.05) is 29.3 Å². The second kappa shape index (κ2) is 13.9. The molecule has 0 spiro atoms. The van der Waals surface area contributed by atoms with Crippen LogP contribution in [0.1, 0.15) is 19.4 Å². The summed E-state index contributed by atoms with van der Waals surface area (Å²) >= 11 is 12.7. The standard InChI is InChI=1S/C28H30Cl2FN3O6S/c1-5-32-28(36)18(2)33(16-22-23(29)7-6-8-24(22)30)27(35)17-34(20-11-9-19(31)10-12-20)41(37,38)21-13-14-25(39-3)26(15-21)40-4/h6-15,18H,5,16-17H2,1-4H3,(H,32,36)/t18-/m0/s1. The largest absolute Gasteiger partial charge is 0.493 e. The lowest BCUT2D eigenvalue weighted by molar-refractivity contribution is -0.139. The second-order valence-electron chi connectivity index (χ2n) is 8.80. The van der Waals surface area contributed by atoms with Crippen LogP contribution in [0.2, 0.25) is 10.0 Å². The van der Waals surface area contributed by atoms with Crippen LogP contribution < -0.4 is 19.1 Å². The Morgan fingerprint density at radius 1 is 0.976 bits per heavy atom. The minimum absolute atomic E-state index is 0.0240. The van der Waals surface area contributed by atoms with Gasteiger partial charge < -0.3 is 19.7 Å². The van der Waals surface area contributed by atoms with Crippen LogP contribution in [0.25, 0.3) is 0 Å². The van der Waals surface area contributed by atoms with Crippen LogP contribution >= 0.6 is 23.2 Å². The molecular formula is C28H30Cl2FN3O6S. The highest BCUT2D eigenvalue weighted by atomic mass is 35.5. The van der Waals surface area contributed by atoms with Crippen molar-refractivity contribution < 1.29 is 31.9 Å². The third-order valence-electron chi connectivity index (χ3n) is 6.24. The van der Waals surface area contributed by atoms with E-state index < -0.39 is 40.2 Å². The first-order chi connectivity index (χ1) is 19.4. The zero-order valence-corrected chi connectivity index (χ0v) is 25.2. The Morgan fingerprint density at radius 3 is 2.15 bits per heavy atom. The van der Waals surface area contributed by atoms with Crippen molar-refractivity contribution in [3.05, 3.63) is 82.1 Å². The van der Waals surface area contributed by atoms with Gasteiger partial charge in [0.05, 0.1) is 24.8 Å². The Morgan fingerprint density at radius 2 is 1.59 bits per heavy atom. The number of hydrogen-bond donors (Lipinski definition) is 1. The zero-order chi connectivity index (χ0) is 30.3.